The molecule has 2 nitrogen and oxygen atoms in total. The molecule has 1 atom stereocenters. The molecule has 1 unspecified atom stereocenters. The van der Waals surface area contributed by atoms with E-state index in [1.165, 1.54) is 15.0 Å². The van der Waals surface area contributed by atoms with E-state index in [1.807, 2.05) is 0 Å². The quantitative estimate of drug-likeness (QED) is 0.431. The fraction of sp³-hybridized carbons (Fsp3) is 0.500. The van der Waals surface area contributed by atoms with E-state index in [0.717, 1.165) is 18.6 Å². The molecule has 2 rings (SSSR count). The number of halogens is 2. The van der Waals surface area contributed by atoms with E-state index < -0.39 is 14.1 Å². The third-order valence-electron chi connectivity index (χ3n) is 3.37. The molecule has 0 radical (unpaired) electrons. The van der Waals surface area contributed by atoms with Crippen LogP contribution < -0.4 is 24.8 Å². The molecule has 0 aromatic heterocycles. The van der Waals surface area contributed by atoms with Crippen LogP contribution in [0.2, 0.25) is 19.6 Å². The van der Waals surface area contributed by atoms with E-state index in [1.54, 1.807) is 0 Å². The summed E-state index contributed by atoms with van der Waals surface area (Å²) in [7, 11) is -1.72. The van der Waals surface area contributed by atoms with Crippen LogP contribution in [0.4, 0.5) is 0 Å². The van der Waals surface area contributed by atoms with E-state index in [4.69, 9.17) is 9.16 Å². The van der Waals surface area contributed by atoms with Crippen molar-refractivity contribution >= 4 is 8.32 Å². The maximum atomic E-state index is 6.47. The first kappa shape index (κ1) is 22.2. The zero-order valence-corrected chi connectivity index (χ0v) is 17.9. The smallest absolute Gasteiger partial charge is 1.00 e. The van der Waals surface area contributed by atoms with Crippen LogP contribution in [0.3, 0.4) is 0 Å². The fourth-order valence-corrected chi connectivity index (χ4v) is 4.15. The standard InChI is InChI=1S/C16H23O2Si.2ClH.Ti/c1-13-10-11-16(14(2)12-13,18-19(3,4)5)17-15-8-6-7-9-15;;;/h6,8,10,12H,7,11H2,1-5H3;2*1H;/q;;;+2/p-2. The molecule has 2 aliphatic rings. The number of ether oxygens (including phenoxy) is 1. The van der Waals surface area contributed by atoms with Crippen LogP contribution >= 0.6 is 0 Å². The number of allylic oxidation sites excluding steroid dienone is 5. The minimum atomic E-state index is -1.72. The summed E-state index contributed by atoms with van der Waals surface area (Å²) >= 11 is 2.13. The average Bonchev–Trinajstić information content (AvgIpc) is 2.68. The molecule has 0 aliphatic heterocycles. The Morgan fingerprint density at radius 3 is 2.27 bits per heavy atom. The van der Waals surface area contributed by atoms with Gasteiger partial charge in [-0.15, -0.1) is 0 Å². The van der Waals surface area contributed by atoms with Crippen LogP contribution in [0.25, 0.3) is 0 Å². The predicted octanol–water partition coefficient (Wildman–Crippen LogP) is -1.43. The van der Waals surface area contributed by atoms with Crippen LogP contribution in [0.1, 0.15) is 26.7 Å². The summed E-state index contributed by atoms with van der Waals surface area (Å²) in [5, 5.41) is 0. The molecule has 0 heterocycles. The van der Waals surface area contributed by atoms with Crippen LogP contribution in [0.15, 0.2) is 45.1 Å². The van der Waals surface area contributed by atoms with E-state index in [-0.39, 0.29) is 24.8 Å². The maximum Gasteiger partial charge on any atom is -1.00 e. The largest absolute Gasteiger partial charge is 1.00 e. The van der Waals surface area contributed by atoms with Crippen molar-refractivity contribution < 1.29 is 54.4 Å². The molecular formula is C16H23Cl2O2SiTi. The van der Waals surface area contributed by atoms with Gasteiger partial charge in [-0.1, -0.05) is 0 Å². The van der Waals surface area contributed by atoms with Crippen molar-refractivity contribution in [2.45, 2.75) is 52.1 Å². The molecule has 0 aromatic rings. The van der Waals surface area contributed by atoms with Gasteiger partial charge in [0.2, 0.25) is 0 Å². The molecular weight excluding hydrogens is 371 g/mol. The Labute approximate surface area is 159 Å². The summed E-state index contributed by atoms with van der Waals surface area (Å²) in [6.45, 7) is 10.9. The van der Waals surface area contributed by atoms with Crippen LogP contribution in [-0.2, 0) is 29.6 Å². The fourth-order valence-electron chi connectivity index (χ4n) is 2.48. The normalized spacial score (nSPS) is 24.3. The van der Waals surface area contributed by atoms with Gasteiger partial charge in [-0.25, -0.2) is 0 Å². The summed E-state index contributed by atoms with van der Waals surface area (Å²) in [6, 6.07) is 0. The molecule has 0 fully saturated rings. The van der Waals surface area contributed by atoms with Gasteiger partial charge in [-0.2, -0.15) is 0 Å². The van der Waals surface area contributed by atoms with E-state index in [9.17, 15) is 0 Å². The summed E-state index contributed by atoms with van der Waals surface area (Å²) in [4.78, 5) is 0. The molecule has 0 aromatic carbocycles. The van der Waals surface area contributed by atoms with Crippen molar-refractivity contribution in [1.82, 2.24) is 0 Å². The Hall–Kier alpha value is 0.231. The Morgan fingerprint density at radius 1 is 1.18 bits per heavy atom. The second-order valence-corrected chi connectivity index (χ2v) is 11.9. The third-order valence-corrected chi connectivity index (χ3v) is 5.02. The van der Waals surface area contributed by atoms with Gasteiger partial charge < -0.3 is 24.8 Å². The van der Waals surface area contributed by atoms with E-state index in [2.05, 4.69) is 78.2 Å². The molecule has 0 bridgehead atoms. The molecule has 121 valence electrons. The van der Waals surface area contributed by atoms with Crippen molar-refractivity contribution in [1.29, 1.82) is 0 Å². The summed E-state index contributed by atoms with van der Waals surface area (Å²) in [5.74, 6) is 0.360. The van der Waals surface area contributed by atoms with Crippen molar-refractivity contribution in [3.05, 3.63) is 45.1 Å². The molecule has 0 saturated heterocycles. The predicted molar refractivity (Wildman–Crippen MR) is 81.2 cm³/mol. The minimum absolute atomic E-state index is 0. The van der Waals surface area contributed by atoms with Gasteiger partial charge in [0.05, 0.1) is 0 Å². The first-order valence-electron chi connectivity index (χ1n) is 7.08. The first-order valence-corrected chi connectivity index (χ1v) is 11.3. The van der Waals surface area contributed by atoms with Crippen LogP contribution in [-0.4, -0.2) is 14.1 Å². The summed E-state index contributed by atoms with van der Waals surface area (Å²) in [5.41, 5.74) is 2.45. The average molecular weight is 394 g/mol. The van der Waals surface area contributed by atoms with Crippen molar-refractivity contribution in [3.63, 3.8) is 0 Å². The molecule has 0 spiro atoms. The first-order chi connectivity index (χ1) is 9.22. The zero-order chi connectivity index (χ0) is 15.0. The topological polar surface area (TPSA) is 18.5 Å². The second-order valence-electron chi connectivity index (χ2n) is 6.50. The Bertz CT molecular complexity index is 533. The van der Waals surface area contributed by atoms with Gasteiger partial charge in [0, 0.05) is 0 Å². The number of hydrogen-bond donors (Lipinski definition) is 0. The minimum Gasteiger partial charge on any atom is -1.00 e. The third kappa shape index (κ3) is 5.40. The van der Waals surface area contributed by atoms with Gasteiger partial charge in [0.25, 0.3) is 0 Å². The van der Waals surface area contributed by atoms with Crippen molar-refractivity contribution in [3.8, 4) is 0 Å². The van der Waals surface area contributed by atoms with Gasteiger partial charge in [-0.05, 0) is 0 Å². The molecule has 22 heavy (non-hydrogen) atoms. The van der Waals surface area contributed by atoms with Gasteiger partial charge in [0.15, 0.2) is 0 Å². The van der Waals surface area contributed by atoms with E-state index in [0.29, 0.717) is 0 Å². The molecule has 0 N–H and O–H groups in total. The van der Waals surface area contributed by atoms with Crippen LogP contribution in [0, 0.1) is 0 Å². The molecule has 0 amide bonds. The zero-order valence-electron chi connectivity index (χ0n) is 13.8. The maximum absolute atomic E-state index is 6.47. The Morgan fingerprint density at radius 2 is 1.82 bits per heavy atom. The van der Waals surface area contributed by atoms with Gasteiger partial charge in [-0.3, -0.25) is 0 Å². The number of rotatable bonds is 4. The Kier molecular flexibility index (Phi) is 8.45. The van der Waals surface area contributed by atoms with Gasteiger partial charge in [0.1, 0.15) is 0 Å². The van der Waals surface area contributed by atoms with Gasteiger partial charge >= 0.3 is 135 Å². The summed E-state index contributed by atoms with van der Waals surface area (Å²) < 4.78 is 14.1. The summed E-state index contributed by atoms with van der Waals surface area (Å²) in [6.07, 6.45) is 10.4. The SMILES string of the molecule is CC1=CCC(OC2=[C]([Ti+2])CC=C2)(O[Si](C)(C)C)C(C)=C1.[Cl-].[Cl-]. The van der Waals surface area contributed by atoms with Crippen molar-refractivity contribution in [2.75, 3.05) is 0 Å². The Balaban J connectivity index is 0.00000220. The van der Waals surface area contributed by atoms with E-state index >= 15 is 0 Å². The monoisotopic (exact) mass is 393 g/mol. The molecule has 6 heteroatoms. The second kappa shape index (κ2) is 8.36. The van der Waals surface area contributed by atoms with Crippen molar-refractivity contribution in [2.24, 2.45) is 0 Å². The molecule has 2 aliphatic carbocycles. The molecule has 0 saturated carbocycles. The number of hydrogen-bond acceptors (Lipinski definition) is 2. The van der Waals surface area contributed by atoms with Crippen LogP contribution in [0.5, 0.6) is 0 Å².